The summed E-state index contributed by atoms with van der Waals surface area (Å²) in [4.78, 5) is 11.9. The van der Waals surface area contributed by atoms with Gasteiger partial charge in [0, 0.05) is 6.21 Å². The third-order valence-electron chi connectivity index (χ3n) is 2.52. The molecule has 0 saturated heterocycles. The maximum atomic E-state index is 13.3. The van der Waals surface area contributed by atoms with E-state index in [0.717, 1.165) is 12.1 Å². The van der Waals surface area contributed by atoms with Gasteiger partial charge in [-0.1, -0.05) is 0 Å². The molecule has 1 aromatic rings. The highest BCUT2D eigenvalue weighted by atomic mass is 19.1. The molecule has 5 nitrogen and oxygen atoms in total. The van der Waals surface area contributed by atoms with Crippen molar-refractivity contribution < 1.29 is 14.3 Å². The number of benzene rings is 1. The molecule has 2 rings (SSSR count). The molecule has 1 atom stereocenters. The molecule has 1 heterocycles. The van der Waals surface area contributed by atoms with E-state index < -0.39 is 24.1 Å². The molecule has 0 fully saturated rings. The zero-order chi connectivity index (χ0) is 13.1. The highest BCUT2D eigenvalue weighted by Crippen LogP contribution is 2.21. The predicted molar refractivity (Wildman–Crippen MR) is 61.9 cm³/mol. The average molecular weight is 245 g/mol. The lowest BCUT2D eigenvalue weighted by Crippen LogP contribution is -2.28. The number of rotatable bonds is 2. The van der Waals surface area contributed by atoms with Crippen LogP contribution in [0.4, 0.5) is 4.39 Å². The lowest BCUT2D eigenvalue weighted by atomic mass is 9.91. The summed E-state index contributed by atoms with van der Waals surface area (Å²) >= 11 is 0. The van der Waals surface area contributed by atoms with Crippen molar-refractivity contribution in [2.45, 2.75) is 5.92 Å². The van der Waals surface area contributed by atoms with Crippen LogP contribution < -0.4 is 0 Å². The summed E-state index contributed by atoms with van der Waals surface area (Å²) in [5.74, 6) is -1.85. The first-order chi connectivity index (χ1) is 8.65. The predicted octanol–water partition coefficient (Wildman–Crippen LogP) is 0.783. The van der Waals surface area contributed by atoms with Gasteiger partial charge in [0.15, 0.2) is 5.78 Å². The largest absolute Gasteiger partial charge is 0.390 e. The molecule has 1 N–H and O–H groups in total. The van der Waals surface area contributed by atoms with Gasteiger partial charge < -0.3 is 5.11 Å². The Morgan fingerprint density at radius 2 is 2.22 bits per heavy atom. The molecular weight excluding hydrogens is 237 g/mol. The van der Waals surface area contributed by atoms with Crippen LogP contribution in [0.15, 0.2) is 28.4 Å². The van der Waals surface area contributed by atoms with Gasteiger partial charge in [-0.05, 0) is 23.8 Å². The third kappa shape index (κ3) is 2.17. The topological polar surface area (TPSA) is 85.8 Å². The van der Waals surface area contributed by atoms with Gasteiger partial charge in [-0.25, -0.2) is 4.39 Å². The lowest BCUT2D eigenvalue weighted by molar-refractivity contribution is -0.113. The van der Waals surface area contributed by atoms with Gasteiger partial charge in [0.25, 0.3) is 0 Å². The van der Waals surface area contributed by atoms with Crippen molar-refractivity contribution in [2.75, 3.05) is 6.61 Å². The zero-order valence-electron chi connectivity index (χ0n) is 9.17. The number of nitrogens with zero attached hydrogens (tertiary/aromatic N) is 3. The smallest absolute Gasteiger partial charge is 0.194 e. The summed E-state index contributed by atoms with van der Waals surface area (Å²) in [7, 11) is 0. The number of Topliss-reactive ketones (excluding diaryl/α,β-unsaturated/α-hetero) is 1. The van der Waals surface area contributed by atoms with Crippen LogP contribution in [0.5, 0.6) is 0 Å². The fraction of sp³-hybridized carbons (Fsp3) is 0.167. The monoisotopic (exact) mass is 245 g/mol. The van der Waals surface area contributed by atoms with Crippen LogP contribution >= 0.6 is 0 Å². The molecule has 0 aliphatic carbocycles. The summed E-state index contributed by atoms with van der Waals surface area (Å²) in [6.45, 7) is -0.521. The maximum absolute atomic E-state index is 13.3. The molecule has 0 aromatic heterocycles. The van der Waals surface area contributed by atoms with Crippen molar-refractivity contribution in [3.05, 3.63) is 35.1 Å². The van der Waals surface area contributed by atoms with Gasteiger partial charge >= 0.3 is 0 Å². The zero-order valence-corrected chi connectivity index (χ0v) is 9.17. The Balaban J connectivity index is 2.42. The first-order valence-corrected chi connectivity index (χ1v) is 5.11. The van der Waals surface area contributed by atoms with Crippen LogP contribution in [0.1, 0.15) is 17.0 Å². The van der Waals surface area contributed by atoms with E-state index in [1.807, 2.05) is 6.07 Å². The fourth-order valence-electron chi connectivity index (χ4n) is 1.67. The van der Waals surface area contributed by atoms with Crippen molar-refractivity contribution in [3.8, 4) is 6.07 Å². The molecule has 90 valence electrons. The normalized spacial score (nSPS) is 18.4. The number of carbonyl (C=O) groups excluding carboxylic acids is 1. The number of aliphatic hydroxyl groups excluding tert-OH is 1. The van der Waals surface area contributed by atoms with Gasteiger partial charge in [0.05, 0.1) is 24.2 Å². The highest BCUT2D eigenvalue weighted by molar-refractivity contribution is 6.45. The summed E-state index contributed by atoms with van der Waals surface area (Å²) < 4.78 is 13.3. The first-order valence-electron chi connectivity index (χ1n) is 5.11. The molecule has 1 unspecified atom stereocenters. The molecule has 0 spiro atoms. The van der Waals surface area contributed by atoms with Gasteiger partial charge in [0.1, 0.15) is 11.5 Å². The van der Waals surface area contributed by atoms with Crippen LogP contribution in [0.2, 0.25) is 0 Å². The van der Waals surface area contributed by atoms with E-state index in [1.165, 1.54) is 12.3 Å². The van der Waals surface area contributed by atoms with E-state index in [0.29, 0.717) is 5.56 Å². The Bertz CT molecular complexity index is 602. The molecule has 0 bridgehead atoms. The first kappa shape index (κ1) is 12.1. The molecule has 0 amide bonds. The van der Waals surface area contributed by atoms with Gasteiger partial charge in [-0.3, -0.25) is 4.79 Å². The Morgan fingerprint density at radius 3 is 2.89 bits per heavy atom. The number of halogens is 1. The van der Waals surface area contributed by atoms with Crippen LogP contribution in [0.25, 0.3) is 0 Å². The molecule has 0 saturated carbocycles. The molecule has 0 radical (unpaired) electrons. The summed E-state index contributed by atoms with van der Waals surface area (Å²) in [6, 6.07) is 5.47. The van der Waals surface area contributed by atoms with Crippen molar-refractivity contribution in [2.24, 2.45) is 10.2 Å². The standard InChI is InChI=1S/C12H8FN3O2/c13-9-2-7(4-14)1-8(3-9)10-5-15-16-11(6-17)12(10)18/h1-3,5,10,17H,6H2. The van der Waals surface area contributed by atoms with Crippen LogP contribution in [0.3, 0.4) is 0 Å². The minimum Gasteiger partial charge on any atom is -0.390 e. The Morgan fingerprint density at radius 1 is 1.44 bits per heavy atom. The summed E-state index contributed by atoms with van der Waals surface area (Å²) in [6.07, 6.45) is 1.26. The Kier molecular flexibility index (Phi) is 3.26. The van der Waals surface area contributed by atoms with E-state index >= 15 is 0 Å². The summed E-state index contributed by atoms with van der Waals surface area (Å²) in [5, 5.41) is 24.8. The highest BCUT2D eigenvalue weighted by Gasteiger charge is 2.26. The van der Waals surface area contributed by atoms with Gasteiger partial charge in [-0.2, -0.15) is 10.4 Å². The van der Waals surface area contributed by atoms with Gasteiger partial charge in [0.2, 0.25) is 0 Å². The molecule has 1 aliphatic rings. The molecule has 18 heavy (non-hydrogen) atoms. The van der Waals surface area contributed by atoms with E-state index in [1.54, 1.807) is 0 Å². The average Bonchev–Trinajstić information content (AvgIpc) is 2.38. The molecule has 1 aromatic carbocycles. The fourth-order valence-corrected chi connectivity index (χ4v) is 1.67. The lowest BCUT2D eigenvalue weighted by Gasteiger charge is -2.14. The number of aliphatic hydroxyl groups is 1. The van der Waals surface area contributed by atoms with Crippen LogP contribution in [0, 0.1) is 17.1 Å². The van der Waals surface area contributed by atoms with Crippen LogP contribution in [-0.4, -0.2) is 29.4 Å². The van der Waals surface area contributed by atoms with Gasteiger partial charge in [-0.15, -0.1) is 5.10 Å². The minimum absolute atomic E-state index is 0.0785. The number of hydrogen-bond donors (Lipinski definition) is 1. The second-order valence-corrected chi connectivity index (χ2v) is 3.70. The van der Waals surface area contributed by atoms with Crippen LogP contribution in [-0.2, 0) is 4.79 Å². The Labute approximate surface area is 102 Å². The quantitative estimate of drug-likeness (QED) is 0.835. The Hall–Kier alpha value is -2.39. The van der Waals surface area contributed by atoms with E-state index in [9.17, 15) is 9.18 Å². The number of ketones is 1. The van der Waals surface area contributed by atoms with Crippen molar-refractivity contribution in [1.82, 2.24) is 0 Å². The SMILES string of the molecule is N#Cc1cc(F)cc(C2C=NN=C(CO)C2=O)c1. The van der Waals surface area contributed by atoms with E-state index in [4.69, 9.17) is 10.4 Å². The molecular formula is C12H8FN3O2. The maximum Gasteiger partial charge on any atom is 0.194 e. The minimum atomic E-state index is -0.813. The van der Waals surface area contributed by atoms with E-state index in [2.05, 4.69) is 10.2 Å². The number of hydrogen-bond acceptors (Lipinski definition) is 5. The second kappa shape index (κ2) is 4.85. The second-order valence-electron chi connectivity index (χ2n) is 3.70. The molecule has 6 heteroatoms. The van der Waals surface area contributed by atoms with E-state index in [-0.39, 0.29) is 11.3 Å². The number of carbonyl (C=O) groups is 1. The van der Waals surface area contributed by atoms with Crippen molar-refractivity contribution >= 4 is 17.7 Å². The third-order valence-corrected chi connectivity index (χ3v) is 2.52. The van der Waals surface area contributed by atoms with Crippen molar-refractivity contribution in [1.29, 1.82) is 5.26 Å². The summed E-state index contributed by atoms with van der Waals surface area (Å²) in [5.41, 5.74) is 0.366. The number of nitriles is 1. The van der Waals surface area contributed by atoms with Crippen molar-refractivity contribution in [3.63, 3.8) is 0 Å². The molecule has 1 aliphatic heterocycles.